The predicted molar refractivity (Wildman–Crippen MR) is 74.4 cm³/mol. The van der Waals surface area contributed by atoms with E-state index in [1.165, 1.54) is 12.3 Å². The molecule has 0 spiro atoms. The van der Waals surface area contributed by atoms with Gasteiger partial charge in [0.05, 0.1) is 8.49 Å². The van der Waals surface area contributed by atoms with Crippen LogP contribution in [0.1, 0.15) is 5.56 Å². The van der Waals surface area contributed by atoms with E-state index in [1.54, 1.807) is 0 Å². The number of pyridine rings is 1. The molecule has 0 amide bonds. The lowest BCUT2D eigenvalue weighted by molar-refractivity contribution is -0.385. The Morgan fingerprint density at radius 2 is 2.06 bits per heavy atom. The molecule has 0 radical (unpaired) electrons. The molecule has 0 atom stereocenters. The molecule has 0 aliphatic heterocycles. The summed E-state index contributed by atoms with van der Waals surface area (Å²) in [6, 6.07) is 11.1. The van der Waals surface area contributed by atoms with Gasteiger partial charge in [-0.25, -0.2) is 4.98 Å². The van der Waals surface area contributed by atoms with Gasteiger partial charge in [0.25, 0.3) is 5.69 Å². The third-order valence-corrected chi connectivity index (χ3v) is 3.00. The topological polar surface area (TPSA) is 65.3 Å². The van der Waals surface area contributed by atoms with E-state index in [0.717, 1.165) is 5.56 Å². The van der Waals surface area contributed by atoms with E-state index in [-0.39, 0.29) is 5.69 Å². The number of hydrogen-bond acceptors (Lipinski definition) is 4. The minimum absolute atomic E-state index is 0.0357. The molecule has 2 aromatic rings. The van der Waals surface area contributed by atoms with Crippen LogP contribution >= 0.6 is 22.6 Å². The molecule has 1 heterocycles. The summed E-state index contributed by atoms with van der Waals surface area (Å²) in [5.74, 6) is 0.407. The van der Waals surface area contributed by atoms with Crippen molar-refractivity contribution in [2.45, 2.75) is 6.61 Å². The van der Waals surface area contributed by atoms with Crippen LogP contribution in [0.5, 0.6) is 5.88 Å². The predicted octanol–water partition coefficient (Wildman–Crippen LogP) is 3.17. The molecule has 0 fully saturated rings. The SMILES string of the molecule is O=[N+]([O-])c1cnc(OCc2ccccc2)c(I)c1. The molecule has 0 aliphatic carbocycles. The van der Waals surface area contributed by atoms with Crippen LogP contribution < -0.4 is 4.74 Å². The first-order valence-corrected chi connectivity index (χ1v) is 6.21. The standard InChI is InChI=1S/C12H9IN2O3/c13-11-6-10(15(16)17)7-14-12(11)18-8-9-4-2-1-3-5-9/h1-7H,8H2. The summed E-state index contributed by atoms with van der Waals surface area (Å²) >= 11 is 1.97. The van der Waals surface area contributed by atoms with E-state index in [0.29, 0.717) is 16.1 Å². The first kappa shape index (κ1) is 12.7. The molecular formula is C12H9IN2O3. The van der Waals surface area contributed by atoms with E-state index in [9.17, 15) is 10.1 Å². The van der Waals surface area contributed by atoms with Crippen molar-refractivity contribution in [1.29, 1.82) is 0 Å². The van der Waals surface area contributed by atoms with Crippen LogP contribution in [0.2, 0.25) is 0 Å². The van der Waals surface area contributed by atoms with Crippen LogP contribution in [0.15, 0.2) is 42.6 Å². The zero-order valence-corrected chi connectivity index (χ0v) is 11.4. The Hall–Kier alpha value is -1.70. The molecule has 18 heavy (non-hydrogen) atoms. The largest absolute Gasteiger partial charge is 0.472 e. The highest BCUT2D eigenvalue weighted by Gasteiger charge is 2.11. The van der Waals surface area contributed by atoms with E-state index in [4.69, 9.17) is 4.74 Å². The van der Waals surface area contributed by atoms with Crippen molar-refractivity contribution in [2.24, 2.45) is 0 Å². The van der Waals surface area contributed by atoms with Gasteiger partial charge in [-0.2, -0.15) is 0 Å². The van der Waals surface area contributed by atoms with Gasteiger partial charge in [0.1, 0.15) is 12.8 Å². The molecule has 0 saturated heterocycles. The maximum Gasteiger partial charge on any atom is 0.288 e. The maximum absolute atomic E-state index is 10.6. The molecule has 6 heteroatoms. The van der Waals surface area contributed by atoms with Gasteiger partial charge in [-0.15, -0.1) is 0 Å². The minimum Gasteiger partial charge on any atom is -0.472 e. The number of aromatic nitrogens is 1. The second-order valence-electron chi connectivity index (χ2n) is 3.51. The van der Waals surface area contributed by atoms with Crippen molar-refractivity contribution in [3.8, 4) is 5.88 Å². The summed E-state index contributed by atoms with van der Waals surface area (Å²) < 4.78 is 6.14. The van der Waals surface area contributed by atoms with Crippen LogP contribution in [-0.4, -0.2) is 9.91 Å². The summed E-state index contributed by atoms with van der Waals surface area (Å²) in [5, 5.41) is 10.6. The lowest BCUT2D eigenvalue weighted by Crippen LogP contribution is -2.00. The number of hydrogen-bond donors (Lipinski definition) is 0. The van der Waals surface area contributed by atoms with Crippen LogP contribution in [0.4, 0.5) is 5.69 Å². The number of benzene rings is 1. The van der Waals surface area contributed by atoms with Gasteiger partial charge >= 0.3 is 0 Å². The van der Waals surface area contributed by atoms with Gasteiger partial charge in [-0.05, 0) is 28.2 Å². The molecule has 92 valence electrons. The zero-order chi connectivity index (χ0) is 13.0. The van der Waals surface area contributed by atoms with Crippen molar-refractivity contribution in [1.82, 2.24) is 4.98 Å². The monoisotopic (exact) mass is 356 g/mol. The van der Waals surface area contributed by atoms with E-state index in [2.05, 4.69) is 4.98 Å². The minimum atomic E-state index is -0.476. The van der Waals surface area contributed by atoms with Gasteiger partial charge in [0.2, 0.25) is 5.88 Å². The summed E-state index contributed by atoms with van der Waals surface area (Å²) in [5.41, 5.74) is 0.986. The molecule has 0 saturated carbocycles. The normalized spacial score (nSPS) is 10.1. The summed E-state index contributed by atoms with van der Waals surface area (Å²) in [6.45, 7) is 0.391. The van der Waals surface area contributed by atoms with Crippen molar-refractivity contribution in [3.63, 3.8) is 0 Å². The van der Waals surface area contributed by atoms with Crippen molar-refractivity contribution in [2.75, 3.05) is 0 Å². The first-order valence-electron chi connectivity index (χ1n) is 5.13. The van der Waals surface area contributed by atoms with Gasteiger partial charge in [-0.3, -0.25) is 10.1 Å². The number of nitro groups is 1. The summed E-state index contributed by atoms with van der Waals surface area (Å²) in [4.78, 5) is 14.0. The van der Waals surface area contributed by atoms with Crippen molar-refractivity contribution in [3.05, 3.63) is 61.8 Å². The fraction of sp³-hybridized carbons (Fsp3) is 0.0833. The molecule has 0 bridgehead atoms. The Morgan fingerprint density at radius 3 is 2.67 bits per heavy atom. The third-order valence-electron chi connectivity index (χ3n) is 2.22. The average molecular weight is 356 g/mol. The highest BCUT2D eigenvalue weighted by atomic mass is 127. The molecule has 1 aromatic heterocycles. The van der Waals surface area contributed by atoms with Crippen LogP contribution in [0.25, 0.3) is 0 Å². The van der Waals surface area contributed by atoms with Crippen LogP contribution in [-0.2, 0) is 6.61 Å². The van der Waals surface area contributed by atoms with Crippen LogP contribution in [0, 0.1) is 13.7 Å². The zero-order valence-electron chi connectivity index (χ0n) is 9.25. The molecule has 0 aliphatic rings. The molecule has 1 aromatic carbocycles. The fourth-order valence-electron chi connectivity index (χ4n) is 1.35. The number of halogens is 1. The second kappa shape index (κ2) is 5.76. The van der Waals surface area contributed by atoms with Crippen molar-refractivity contribution < 1.29 is 9.66 Å². The van der Waals surface area contributed by atoms with Gasteiger partial charge in [0, 0.05) is 6.07 Å². The Labute approximate surface area is 117 Å². The lowest BCUT2D eigenvalue weighted by Gasteiger charge is -2.06. The molecular weight excluding hydrogens is 347 g/mol. The quantitative estimate of drug-likeness (QED) is 0.480. The highest BCUT2D eigenvalue weighted by Crippen LogP contribution is 2.23. The molecule has 5 nitrogen and oxygen atoms in total. The van der Waals surface area contributed by atoms with Crippen LogP contribution in [0.3, 0.4) is 0 Å². The number of ether oxygens (including phenoxy) is 1. The number of rotatable bonds is 4. The molecule has 0 unspecified atom stereocenters. The highest BCUT2D eigenvalue weighted by molar-refractivity contribution is 14.1. The fourth-order valence-corrected chi connectivity index (χ4v) is 1.96. The average Bonchev–Trinajstić information content (AvgIpc) is 2.38. The second-order valence-corrected chi connectivity index (χ2v) is 4.67. The van der Waals surface area contributed by atoms with E-state index >= 15 is 0 Å². The van der Waals surface area contributed by atoms with E-state index in [1.807, 2.05) is 52.9 Å². The van der Waals surface area contributed by atoms with Gasteiger partial charge in [-0.1, -0.05) is 30.3 Å². The Morgan fingerprint density at radius 1 is 1.33 bits per heavy atom. The molecule has 2 rings (SSSR count). The molecule has 0 N–H and O–H groups in total. The smallest absolute Gasteiger partial charge is 0.288 e. The first-order chi connectivity index (χ1) is 8.66. The van der Waals surface area contributed by atoms with Gasteiger partial charge in [0.15, 0.2) is 0 Å². The third kappa shape index (κ3) is 3.16. The maximum atomic E-state index is 10.6. The Balaban J connectivity index is 2.08. The summed E-state index contributed by atoms with van der Waals surface area (Å²) in [7, 11) is 0. The van der Waals surface area contributed by atoms with Crippen molar-refractivity contribution >= 4 is 28.3 Å². The van der Waals surface area contributed by atoms with Gasteiger partial charge < -0.3 is 4.74 Å². The summed E-state index contributed by atoms with van der Waals surface area (Å²) in [6.07, 6.45) is 1.20. The Bertz CT molecular complexity index is 561. The lowest BCUT2D eigenvalue weighted by atomic mass is 10.2. The van der Waals surface area contributed by atoms with E-state index < -0.39 is 4.92 Å². The number of nitrogens with zero attached hydrogens (tertiary/aromatic N) is 2. The Kier molecular flexibility index (Phi) is 4.08.